The topological polar surface area (TPSA) is 96.4 Å². The second-order valence-corrected chi connectivity index (χ2v) is 4.32. The van der Waals surface area contributed by atoms with E-state index in [9.17, 15) is 14.4 Å². The van der Waals surface area contributed by atoms with E-state index in [1.165, 1.54) is 17.1 Å². The van der Waals surface area contributed by atoms with Crippen molar-refractivity contribution in [3.05, 3.63) is 25.3 Å². The number of amides is 2. The first-order valence-electron chi connectivity index (χ1n) is 6.65. The standard InChI is InChI=1S/C14H22N2O6/c1-4-9-21-13(19)15(3)7-6-8-16(11-12(17)18)14(20)22-10-5-2/h4-5H,1-2,6-11H2,3H3,(H,17,18). The Morgan fingerprint density at radius 3 is 2.09 bits per heavy atom. The van der Waals surface area contributed by atoms with E-state index in [0.717, 1.165) is 4.90 Å². The van der Waals surface area contributed by atoms with Crippen LogP contribution in [0.1, 0.15) is 6.42 Å². The maximum Gasteiger partial charge on any atom is 0.410 e. The summed E-state index contributed by atoms with van der Waals surface area (Å²) >= 11 is 0. The molecule has 0 aromatic rings. The van der Waals surface area contributed by atoms with Gasteiger partial charge in [0.15, 0.2) is 0 Å². The second-order valence-electron chi connectivity index (χ2n) is 4.32. The first kappa shape index (κ1) is 19.5. The highest BCUT2D eigenvalue weighted by molar-refractivity contribution is 5.76. The summed E-state index contributed by atoms with van der Waals surface area (Å²) in [5.74, 6) is -1.14. The first-order chi connectivity index (χ1) is 10.4. The molecule has 0 atom stereocenters. The predicted molar refractivity (Wildman–Crippen MR) is 79.5 cm³/mol. The van der Waals surface area contributed by atoms with Crippen LogP contribution in [0.5, 0.6) is 0 Å². The quantitative estimate of drug-likeness (QED) is 0.611. The van der Waals surface area contributed by atoms with Crippen LogP contribution in [0, 0.1) is 0 Å². The predicted octanol–water partition coefficient (Wildman–Crippen LogP) is 1.34. The summed E-state index contributed by atoms with van der Waals surface area (Å²) in [5, 5.41) is 8.79. The summed E-state index contributed by atoms with van der Waals surface area (Å²) in [5.41, 5.74) is 0. The number of rotatable bonds is 10. The molecule has 8 heteroatoms. The molecule has 0 saturated heterocycles. The molecule has 0 aromatic carbocycles. The van der Waals surface area contributed by atoms with Gasteiger partial charge in [0.25, 0.3) is 0 Å². The van der Waals surface area contributed by atoms with Crippen LogP contribution in [0.4, 0.5) is 9.59 Å². The molecule has 2 amide bonds. The molecule has 0 bridgehead atoms. The minimum atomic E-state index is -1.14. The Morgan fingerprint density at radius 1 is 1.05 bits per heavy atom. The lowest BCUT2D eigenvalue weighted by Gasteiger charge is -2.22. The lowest BCUT2D eigenvalue weighted by Crippen LogP contribution is -2.38. The molecule has 0 aliphatic carbocycles. The summed E-state index contributed by atoms with van der Waals surface area (Å²) in [6, 6.07) is 0. The van der Waals surface area contributed by atoms with Crippen molar-refractivity contribution >= 4 is 18.2 Å². The maximum atomic E-state index is 11.7. The van der Waals surface area contributed by atoms with Crippen molar-refractivity contribution < 1.29 is 29.0 Å². The molecule has 0 spiro atoms. The molecule has 0 unspecified atom stereocenters. The van der Waals surface area contributed by atoms with E-state index in [1.807, 2.05) is 0 Å². The molecule has 124 valence electrons. The highest BCUT2D eigenvalue weighted by atomic mass is 16.6. The molecule has 0 radical (unpaired) electrons. The Labute approximate surface area is 129 Å². The molecule has 0 heterocycles. The van der Waals surface area contributed by atoms with Crippen molar-refractivity contribution in [2.45, 2.75) is 6.42 Å². The molecule has 0 aromatic heterocycles. The van der Waals surface area contributed by atoms with Gasteiger partial charge in [0, 0.05) is 20.1 Å². The molecule has 0 fully saturated rings. The van der Waals surface area contributed by atoms with E-state index in [4.69, 9.17) is 14.6 Å². The summed E-state index contributed by atoms with van der Waals surface area (Å²) in [6.45, 7) is 6.93. The molecular weight excluding hydrogens is 292 g/mol. The lowest BCUT2D eigenvalue weighted by atomic mass is 10.3. The zero-order valence-electron chi connectivity index (χ0n) is 12.7. The van der Waals surface area contributed by atoms with Gasteiger partial charge in [-0.3, -0.25) is 9.69 Å². The van der Waals surface area contributed by atoms with Gasteiger partial charge in [-0.05, 0) is 6.42 Å². The number of ether oxygens (including phenoxy) is 2. The minimum absolute atomic E-state index is 0.00271. The number of nitrogens with zero attached hydrogens (tertiary/aromatic N) is 2. The number of carbonyl (C=O) groups excluding carboxylic acids is 2. The van der Waals surface area contributed by atoms with Gasteiger partial charge in [0.05, 0.1) is 0 Å². The summed E-state index contributed by atoms with van der Waals surface area (Å²) < 4.78 is 9.64. The van der Waals surface area contributed by atoms with Gasteiger partial charge in [-0.2, -0.15) is 0 Å². The van der Waals surface area contributed by atoms with E-state index in [0.29, 0.717) is 13.0 Å². The fraction of sp³-hybridized carbons (Fsp3) is 0.500. The zero-order chi connectivity index (χ0) is 17.0. The molecule has 0 rings (SSSR count). The van der Waals surface area contributed by atoms with E-state index in [1.54, 1.807) is 7.05 Å². The molecule has 22 heavy (non-hydrogen) atoms. The number of hydrogen-bond donors (Lipinski definition) is 1. The van der Waals surface area contributed by atoms with Crippen LogP contribution in [0.25, 0.3) is 0 Å². The Balaban J connectivity index is 4.29. The Hall–Kier alpha value is -2.51. The average Bonchev–Trinajstić information content (AvgIpc) is 2.48. The van der Waals surface area contributed by atoms with Crippen molar-refractivity contribution in [1.29, 1.82) is 0 Å². The van der Waals surface area contributed by atoms with Gasteiger partial charge in [0.1, 0.15) is 19.8 Å². The molecule has 1 N–H and O–H groups in total. The van der Waals surface area contributed by atoms with Crippen molar-refractivity contribution in [2.75, 3.05) is 39.9 Å². The molecule has 0 aliphatic rings. The number of carboxylic acid groups (broad SMARTS) is 1. The van der Waals surface area contributed by atoms with Crippen LogP contribution in [0.15, 0.2) is 25.3 Å². The Kier molecular flexibility index (Phi) is 9.91. The lowest BCUT2D eigenvalue weighted by molar-refractivity contribution is -0.138. The number of carbonyl (C=O) groups is 3. The monoisotopic (exact) mass is 314 g/mol. The minimum Gasteiger partial charge on any atom is -0.480 e. The summed E-state index contributed by atoms with van der Waals surface area (Å²) in [6.07, 6.45) is 1.98. The van der Waals surface area contributed by atoms with Crippen LogP contribution >= 0.6 is 0 Å². The van der Waals surface area contributed by atoms with Crippen LogP contribution in [0.3, 0.4) is 0 Å². The summed E-state index contributed by atoms with van der Waals surface area (Å²) in [4.78, 5) is 36.3. The number of hydrogen-bond acceptors (Lipinski definition) is 5. The van der Waals surface area contributed by atoms with Gasteiger partial charge < -0.3 is 19.5 Å². The molecular formula is C14H22N2O6. The van der Waals surface area contributed by atoms with Gasteiger partial charge in [-0.15, -0.1) is 0 Å². The van der Waals surface area contributed by atoms with Gasteiger partial charge in [-0.1, -0.05) is 25.3 Å². The summed E-state index contributed by atoms with van der Waals surface area (Å²) in [7, 11) is 1.54. The van der Waals surface area contributed by atoms with Crippen LogP contribution in [0.2, 0.25) is 0 Å². The Bertz CT molecular complexity index is 410. The second kappa shape index (κ2) is 11.2. The molecule has 8 nitrogen and oxygen atoms in total. The third kappa shape index (κ3) is 8.62. The van der Waals surface area contributed by atoms with Crippen LogP contribution in [-0.2, 0) is 14.3 Å². The maximum absolute atomic E-state index is 11.7. The molecule has 0 saturated carbocycles. The Morgan fingerprint density at radius 2 is 1.59 bits per heavy atom. The highest BCUT2D eigenvalue weighted by Crippen LogP contribution is 2.00. The van der Waals surface area contributed by atoms with Crippen LogP contribution in [-0.4, -0.2) is 73.0 Å². The van der Waals surface area contributed by atoms with Gasteiger partial charge in [0.2, 0.25) is 0 Å². The third-order valence-electron chi connectivity index (χ3n) is 2.47. The highest BCUT2D eigenvalue weighted by Gasteiger charge is 2.18. The first-order valence-corrected chi connectivity index (χ1v) is 6.65. The molecule has 0 aliphatic heterocycles. The SMILES string of the molecule is C=CCOC(=O)N(C)CCCN(CC(=O)O)C(=O)OCC=C. The van der Waals surface area contributed by atoms with Crippen molar-refractivity contribution in [3.63, 3.8) is 0 Å². The average molecular weight is 314 g/mol. The fourth-order valence-electron chi connectivity index (χ4n) is 1.45. The number of aliphatic carboxylic acids is 1. The van der Waals surface area contributed by atoms with E-state index in [2.05, 4.69) is 13.2 Å². The van der Waals surface area contributed by atoms with E-state index < -0.39 is 24.7 Å². The van der Waals surface area contributed by atoms with Gasteiger partial charge >= 0.3 is 18.2 Å². The van der Waals surface area contributed by atoms with E-state index in [-0.39, 0.29) is 19.8 Å². The number of carboxylic acids is 1. The largest absolute Gasteiger partial charge is 0.480 e. The zero-order valence-corrected chi connectivity index (χ0v) is 12.7. The van der Waals surface area contributed by atoms with Crippen molar-refractivity contribution in [1.82, 2.24) is 9.80 Å². The smallest absolute Gasteiger partial charge is 0.410 e. The normalized spacial score (nSPS) is 9.50. The fourth-order valence-corrected chi connectivity index (χ4v) is 1.45. The van der Waals surface area contributed by atoms with E-state index >= 15 is 0 Å². The third-order valence-corrected chi connectivity index (χ3v) is 2.47. The van der Waals surface area contributed by atoms with Crippen LogP contribution < -0.4 is 0 Å². The van der Waals surface area contributed by atoms with Crippen molar-refractivity contribution in [2.24, 2.45) is 0 Å². The van der Waals surface area contributed by atoms with Crippen molar-refractivity contribution in [3.8, 4) is 0 Å². The van der Waals surface area contributed by atoms with Gasteiger partial charge in [-0.25, -0.2) is 9.59 Å².